The number of amides is 1. The van der Waals surface area contributed by atoms with Crippen molar-refractivity contribution >= 4 is 5.91 Å². The number of benzene rings is 2. The smallest absolute Gasteiger partial charge is 0.255 e. The maximum atomic E-state index is 13.1. The molecule has 0 spiro atoms. The van der Waals surface area contributed by atoms with Gasteiger partial charge in [-0.05, 0) is 62.2 Å². The molecule has 2 N–H and O–H groups in total. The number of ether oxygens (including phenoxy) is 2. The molecule has 0 aliphatic heterocycles. The first kappa shape index (κ1) is 20.4. The standard InChI is InChI=1S/C22H24FN3O3/c1-3-28-19-10-5-15(13-20(19)29-4-2)11-12-24-22(27)18-14-25-26-21(18)16-6-8-17(23)9-7-16/h5-10,13-14H,3-4,11-12H2,1-2H3,(H,24,27)(H,25,26). The van der Waals surface area contributed by atoms with Gasteiger partial charge < -0.3 is 14.8 Å². The number of nitrogens with one attached hydrogen (secondary N) is 2. The van der Waals surface area contributed by atoms with Crippen LogP contribution in [0.25, 0.3) is 11.3 Å². The van der Waals surface area contributed by atoms with E-state index in [-0.39, 0.29) is 11.7 Å². The zero-order valence-electron chi connectivity index (χ0n) is 16.5. The van der Waals surface area contributed by atoms with E-state index in [1.54, 1.807) is 12.1 Å². The van der Waals surface area contributed by atoms with Gasteiger partial charge in [0.15, 0.2) is 11.5 Å². The molecule has 7 heteroatoms. The summed E-state index contributed by atoms with van der Waals surface area (Å²) in [6, 6.07) is 11.7. The monoisotopic (exact) mass is 397 g/mol. The number of rotatable bonds is 9. The van der Waals surface area contributed by atoms with Crippen molar-refractivity contribution in [1.29, 1.82) is 0 Å². The van der Waals surface area contributed by atoms with Crippen LogP contribution in [0.2, 0.25) is 0 Å². The topological polar surface area (TPSA) is 76.2 Å². The molecule has 0 aliphatic rings. The van der Waals surface area contributed by atoms with E-state index in [2.05, 4.69) is 15.5 Å². The first-order valence-electron chi connectivity index (χ1n) is 9.58. The molecule has 0 saturated heterocycles. The molecular weight excluding hydrogens is 373 g/mol. The van der Waals surface area contributed by atoms with Gasteiger partial charge in [0.25, 0.3) is 5.91 Å². The van der Waals surface area contributed by atoms with Crippen molar-refractivity contribution < 1.29 is 18.7 Å². The zero-order chi connectivity index (χ0) is 20.6. The van der Waals surface area contributed by atoms with Crippen molar-refractivity contribution in [3.05, 3.63) is 65.6 Å². The molecule has 152 valence electrons. The second kappa shape index (κ2) is 9.73. The van der Waals surface area contributed by atoms with Crippen LogP contribution in [0.1, 0.15) is 29.8 Å². The lowest BCUT2D eigenvalue weighted by atomic mass is 10.1. The summed E-state index contributed by atoms with van der Waals surface area (Å²) in [5, 5.41) is 9.67. The summed E-state index contributed by atoms with van der Waals surface area (Å²) in [6.07, 6.45) is 2.11. The van der Waals surface area contributed by atoms with E-state index >= 15 is 0 Å². The van der Waals surface area contributed by atoms with Crippen LogP contribution in [0.3, 0.4) is 0 Å². The summed E-state index contributed by atoms with van der Waals surface area (Å²) in [6.45, 7) is 5.41. The summed E-state index contributed by atoms with van der Waals surface area (Å²) in [5.74, 6) is 0.839. The fraction of sp³-hybridized carbons (Fsp3) is 0.273. The van der Waals surface area contributed by atoms with Crippen LogP contribution in [-0.2, 0) is 6.42 Å². The summed E-state index contributed by atoms with van der Waals surface area (Å²) in [7, 11) is 0. The number of hydrogen-bond acceptors (Lipinski definition) is 4. The summed E-state index contributed by atoms with van der Waals surface area (Å²) < 4.78 is 24.3. The highest BCUT2D eigenvalue weighted by Gasteiger charge is 2.15. The largest absolute Gasteiger partial charge is 0.490 e. The van der Waals surface area contributed by atoms with Crippen LogP contribution in [0.5, 0.6) is 11.5 Å². The molecule has 6 nitrogen and oxygen atoms in total. The average molecular weight is 397 g/mol. The number of hydrogen-bond donors (Lipinski definition) is 2. The Balaban J connectivity index is 1.63. The van der Waals surface area contributed by atoms with Gasteiger partial charge in [0.05, 0.1) is 30.7 Å². The van der Waals surface area contributed by atoms with E-state index in [1.807, 2.05) is 32.0 Å². The summed E-state index contributed by atoms with van der Waals surface area (Å²) in [4.78, 5) is 12.6. The average Bonchev–Trinajstić information content (AvgIpc) is 3.21. The summed E-state index contributed by atoms with van der Waals surface area (Å²) >= 11 is 0. The Hall–Kier alpha value is -3.35. The predicted octanol–water partition coefficient (Wildman–Crippen LogP) is 3.99. The van der Waals surface area contributed by atoms with Crippen LogP contribution in [0.4, 0.5) is 4.39 Å². The third-order valence-corrected chi connectivity index (χ3v) is 4.32. The van der Waals surface area contributed by atoms with E-state index in [0.29, 0.717) is 54.5 Å². The molecule has 0 aliphatic carbocycles. The third kappa shape index (κ3) is 5.13. The first-order chi connectivity index (χ1) is 14.1. The molecule has 1 amide bonds. The highest BCUT2D eigenvalue weighted by molar-refractivity contribution is 5.99. The fourth-order valence-electron chi connectivity index (χ4n) is 2.96. The third-order valence-electron chi connectivity index (χ3n) is 4.32. The van der Waals surface area contributed by atoms with Crippen LogP contribution in [-0.4, -0.2) is 35.9 Å². The second-order valence-corrected chi connectivity index (χ2v) is 6.32. The molecule has 0 unspecified atom stereocenters. The van der Waals surface area contributed by atoms with Gasteiger partial charge in [-0.3, -0.25) is 9.89 Å². The molecule has 0 bridgehead atoms. The Morgan fingerprint density at radius 1 is 1.07 bits per heavy atom. The molecule has 1 heterocycles. The lowest BCUT2D eigenvalue weighted by molar-refractivity contribution is 0.0955. The molecule has 3 rings (SSSR count). The Morgan fingerprint density at radius 2 is 1.79 bits per heavy atom. The van der Waals surface area contributed by atoms with Crippen molar-refractivity contribution in [2.75, 3.05) is 19.8 Å². The van der Waals surface area contributed by atoms with Gasteiger partial charge in [-0.15, -0.1) is 0 Å². The minimum atomic E-state index is -0.332. The number of carbonyl (C=O) groups is 1. The van der Waals surface area contributed by atoms with Crippen molar-refractivity contribution in [1.82, 2.24) is 15.5 Å². The van der Waals surface area contributed by atoms with E-state index in [4.69, 9.17) is 9.47 Å². The quantitative estimate of drug-likeness (QED) is 0.573. The molecule has 1 aromatic heterocycles. The lowest BCUT2D eigenvalue weighted by Gasteiger charge is -2.12. The Kier molecular flexibility index (Phi) is 6.84. The zero-order valence-corrected chi connectivity index (χ0v) is 16.5. The van der Waals surface area contributed by atoms with Gasteiger partial charge in [0.1, 0.15) is 5.82 Å². The minimum absolute atomic E-state index is 0.242. The highest BCUT2D eigenvalue weighted by atomic mass is 19.1. The highest BCUT2D eigenvalue weighted by Crippen LogP contribution is 2.28. The van der Waals surface area contributed by atoms with Crippen LogP contribution in [0.15, 0.2) is 48.7 Å². The number of halogens is 1. The van der Waals surface area contributed by atoms with Crippen molar-refractivity contribution in [3.8, 4) is 22.8 Å². The number of H-pyrrole nitrogens is 1. The maximum absolute atomic E-state index is 13.1. The molecule has 0 fully saturated rings. The van der Waals surface area contributed by atoms with Gasteiger partial charge >= 0.3 is 0 Å². The molecule has 0 radical (unpaired) electrons. The maximum Gasteiger partial charge on any atom is 0.255 e. The van der Waals surface area contributed by atoms with Crippen LogP contribution in [0, 0.1) is 5.82 Å². The van der Waals surface area contributed by atoms with Crippen molar-refractivity contribution in [3.63, 3.8) is 0 Å². The molecule has 0 atom stereocenters. The van der Waals surface area contributed by atoms with Gasteiger partial charge in [-0.1, -0.05) is 6.07 Å². The molecule has 0 saturated carbocycles. The Labute approximate surface area is 169 Å². The number of aromatic amines is 1. The van der Waals surface area contributed by atoms with Gasteiger partial charge in [0.2, 0.25) is 0 Å². The van der Waals surface area contributed by atoms with Crippen LogP contribution < -0.4 is 14.8 Å². The molecule has 3 aromatic rings. The normalized spacial score (nSPS) is 10.6. The number of nitrogens with zero attached hydrogens (tertiary/aromatic N) is 1. The van der Waals surface area contributed by atoms with Gasteiger partial charge in [-0.25, -0.2) is 4.39 Å². The van der Waals surface area contributed by atoms with Crippen LogP contribution >= 0.6 is 0 Å². The van der Waals surface area contributed by atoms with Gasteiger partial charge in [-0.2, -0.15) is 5.10 Å². The fourth-order valence-corrected chi connectivity index (χ4v) is 2.96. The first-order valence-corrected chi connectivity index (χ1v) is 9.58. The van der Waals surface area contributed by atoms with E-state index in [1.165, 1.54) is 18.3 Å². The molecule has 29 heavy (non-hydrogen) atoms. The van der Waals surface area contributed by atoms with Crippen molar-refractivity contribution in [2.24, 2.45) is 0 Å². The number of aromatic nitrogens is 2. The minimum Gasteiger partial charge on any atom is -0.490 e. The van der Waals surface area contributed by atoms with E-state index in [0.717, 1.165) is 5.56 Å². The van der Waals surface area contributed by atoms with Gasteiger partial charge in [0, 0.05) is 12.1 Å². The second-order valence-electron chi connectivity index (χ2n) is 6.32. The molecule has 2 aromatic carbocycles. The number of carbonyl (C=O) groups excluding carboxylic acids is 1. The molecular formula is C22H24FN3O3. The SMILES string of the molecule is CCOc1ccc(CCNC(=O)c2cn[nH]c2-c2ccc(F)cc2)cc1OCC. The lowest BCUT2D eigenvalue weighted by Crippen LogP contribution is -2.25. The van der Waals surface area contributed by atoms with E-state index < -0.39 is 0 Å². The van der Waals surface area contributed by atoms with E-state index in [9.17, 15) is 9.18 Å². The Morgan fingerprint density at radius 3 is 2.52 bits per heavy atom. The predicted molar refractivity (Wildman–Crippen MR) is 109 cm³/mol. The summed E-state index contributed by atoms with van der Waals surface area (Å²) in [5.41, 5.74) is 2.70. The Bertz CT molecular complexity index is 954. The van der Waals surface area contributed by atoms with Crippen molar-refractivity contribution in [2.45, 2.75) is 20.3 Å².